The summed E-state index contributed by atoms with van der Waals surface area (Å²) in [7, 11) is -1.22. The van der Waals surface area contributed by atoms with Gasteiger partial charge in [-0.3, -0.25) is 4.68 Å². The largest absolute Gasteiger partial charge is 0.436 e. The third-order valence-electron chi connectivity index (χ3n) is 6.44. The number of benzene rings is 1. The number of sulfone groups is 1. The van der Waals surface area contributed by atoms with Crippen LogP contribution >= 0.6 is 0 Å². The van der Waals surface area contributed by atoms with E-state index in [4.69, 9.17) is 9.52 Å². The summed E-state index contributed by atoms with van der Waals surface area (Å²) < 4.78 is 47.0. The Morgan fingerprint density at radius 1 is 1.06 bits per heavy atom. The molecule has 178 valence electrons. The van der Waals surface area contributed by atoms with Gasteiger partial charge in [0.2, 0.25) is 5.71 Å². The Morgan fingerprint density at radius 2 is 1.83 bits per heavy atom. The number of aryl methyl sites for hydroxylation is 1. The Hall–Kier alpha value is -3.86. The standard InChI is InChI=1S/C24H21FN6O3S/c1-30-11-20(28-13-30)21-9-18-23(26-12-27-24(18)34-21)19-10-31(16-7-17(8-16)35(2,32)33)29-22(19)14-3-5-15(25)6-4-14/h3-6,9-13,16-17H,7-8H2,1-2H3. The molecule has 0 aliphatic heterocycles. The molecule has 0 amide bonds. The fourth-order valence-electron chi connectivity index (χ4n) is 4.41. The van der Waals surface area contributed by atoms with Gasteiger partial charge in [0.15, 0.2) is 5.76 Å². The van der Waals surface area contributed by atoms with E-state index in [0.29, 0.717) is 46.8 Å². The van der Waals surface area contributed by atoms with Gasteiger partial charge in [-0.2, -0.15) is 5.10 Å². The molecule has 1 saturated carbocycles. The van der Waals surface area contributed by atoms with Crippen LogP contribution in [0, 0.1) is 5.82 Å². The predicted octanol–water partition coefficient (Wildman–Crippen LogP) is 4.04. The maximum Gasteiger partial charge on any atom is 0.230 e. The Kier molecular flexibility index (Phi) is 4.85. The molecule has 0 radical (unpaired) electrons. The molecule has 1 fully saturated rings. The number of aromatic nitrogens is 6. The fraction of sp³-hybridized carbons (Fsp3) is 0.250. The van der Waals surface area contributed by atoms with Crippen molar-refractivity contribution in [1.82, 2.24) is 29.3 Å². The summed E-state index contributed by atoms with van der Waals surface area (Å²) in [6.45, 7) is 0. The number of furan rings is 1. The van der Waals surface area contributed by atoms with Crippen molar-refractivity contribution in [1.29, 1.82) is 0 Å². The quantitative estimate of drug-likeness (QED) is 0.364. The van der Waals surface area contributed by atoms with Gasteiger partial charge in [-0.25, -0.2) is 27.8 Å². The van der Waals surface area contributed by atoms with E-state index in [2.05, 4.69) is 15.0 Å². The fourth-order valence-corrected chi connectivity index (χ4v) is 5.56. The van der Waals surface area contributed by atoms with E-state index in [1.54, 1.807) is 23.1 Å². The molecule has 1 aliphatic carbocycles. The summed E-state index contributed by atoms with van der Waals surface area (Å²) in [6.07, 6.45) is 9.10. The highest BCUT2D eigenvalue weighted by Gasteiger charge is 2.38. The number of fused-ring (bicyclic) bond motifs is 1. The van der Waals surface area contributed by atoms with Gasteiger partial charge in [0.1, 0.15) is 33.4 Å². The number of halogens is 1. The lowest BCUT2D eigenvalue weighted by molar-refractivity contribution is 0.291. The van der Waals surface area contributed by atoms with E-state index in [0.717, 1.165) is 11.1 Å². The van der Waals surface area contributed by atoms with Crippen molar-refractivity contribution < 1.29 is 17.2 Å². The van der Waals surface area contributed by atoms with Gasteiger partial charge in [0, 0.05) is 36.8 Å². The Labute approximate surface area is 200 Å². The van der Waals surface area contributed by atoms with E-state index in [-0.39, 0.29) is 17.1 Å². The lowest BCUT2D eigenvalue weighted by atomic mass is 9.92. The predicted molar refractivity (Wildman–Crippen MR) is 128 cm³/mol. The molecule has 4 heterocycles. The minimum Gasteiger partial charge on any atom is -0.436 e. The van der Waals surface area contributed by atoms with E-state index in [9.17, 15) is 12.8 Å². The zero-order valence-corrected chi connectivity index (χ0v) is 19.8. The van der Waals surface area contributed by atoms with Gasteiger partial charge in [-0.15, -0.1) is 0 Å². The summed E-state index contributed by atoms with van der Waals surface area (Å²) >= 11 is 0. The van der Waals surface area contributed by atoms with Gasteiger partial charge < -0.3 is 8.98 Å². The van der Waals surface area contributed by atoms with Crippen LogP contribution in [0.5, 0.6) is 0 Å². The van der Waals surface area contributed by atoms with Crippen molar-refractivity contribution in [2.45, 2.75) is 24.1 Å². The van der Waals surface area contributed by atoms with Crippen molar-refractivity contribution >= 4 is 20.9 Å². The Bertz CT molecular complexity index is 1660. The topological polar surface area (TPSA) is 109 Å². The molecule has 0 unspecified atom stereocenters. The maximum absolute atomic E-state index is 13.6. The monoisotopic (exact) mass is 492 g/mol. The zero-order chi connectivity index (χ0) is 24.3. The maximum atomic E-state index is 13.6. The normalized spacial score (nSPS) is 18.1. The van der Waals surface area contributed by atoms with Gasteiger partial charge in [-0.05, 0) is 43.2 Å². The van der Waals surface area contributed by atoms with Crippen molar-refractivity contribution in [3.63, 3.8) is 0 Å². The molecular formula is C24H21FN6O3S. The highest BCUT2D eigenvalue weighted by atomic mass is 32.2. The van der Waals surface area contributed by atoms with Crippen LogP contribution in [0.4, 0.5) is 4.39 Å². The molecule has 5 aromatic rings. The summed E-state index contributed by atoms with van der Waals surface area (Å²) in [5.41, 5.74) is 3.76. The van der Waals surface area contributed by atoms with Gasteiger partial charge in [0.05, 0.1) is 28.7 Å². The number of rotatable bonds is 5. The van der Waals surface area contributed by atoms with E-state index in [1.165, 1.54) is 24.7 Å². The van der Waals surface area contributed by atoms with Crippen LogP contribution in [0.3, 0.4) is 0 Å². The molecule has 9 nitrogen and oxygen atoms in total. The highest BCUT2D eigenvalue weighted by molar-refractivity contribution is 7.91. The second kappa shape index (κ2) is 7.84. The molecule has 4 aromatic heterocycles. The van der Waals surface area contributed by atoms with Crippen LogP contribution in [0.15, 0.2) is 59.8 Å². The molecule has 1 aliphatic rings. The molecule has 0 saturated heterocycles. The number of imidazole rings is 1. The second-order valence-electron chi connectivity index (χ2n) is 8.93. The van der Waals surface area contributed by atoms with E-state index in [1.807, 2.05) is 30.1 Å². The first-order chi connectivity index (χ1) is 16.8. The van der Waals surface area contributed by atoms with Crippen LogP contribution in [-0.2, 0) is 16.9 Å². The Morgan fingerprint density at radius 3 is 2.51 bits per heavy atom. The smallest absolute Gasteiger partial charge is 0.230 e. The SMILES string of the molecule is Cn1cnc(-c2cc3c(-c4cn(C5CC(S(C)(=O)=O)C5)nc4-c4ccc(F)cc4)ncnc3o2)c1. The van der Waals surface area contributed by atoms with Gasteiger partial charge >= 0.3 is 0 Å². The molecule has 0 bridgehead atoms. The molecule has 35 heavy (non-hydrogen) atoms. The molecule has 11 heteroatoms. The molecule has 0 N–H and O–H groups in total. The van der Waals surface area contributed by atoms with Crippen molar-refractivity contribution in [3.8, 4) is 34.0 Å². The molecule has 1 aromatic carbocycles. The van der Waals surface area contributed by atoms with Crippen molar-refractivity contribution in [2.75, 3.05) is 6.26 Å². The second-order valence-corrected chi connectivity index (χ2v) is 11.3. The average Bonchev–Trinajstić information content (AvgIpc) is 3.50. The van der Waals surface area contributed by atoms with Crippen LogP contribution < -0.4 is 0 Å². The third-order valence-corrected chi connectivity index (χ3v) is 8.04. The minimum absolute atomic E-state index is 0.0477. The van der Waals surface area contributed by atoms with Crippen molar-refractivity contribution in [2.24, 2.45) is 7.05 Å². The van der Waals surface area contributed by atoms with Crippen LogP contribution in [0.25, 0.3) is 45.1 Å². The first-order valence-electron chi connectivity index (χ1n) is 11.0. The Balaban J connectivity index is 1.48. The minimum atomic E-state index is -3.09. The molecular weight excluding hydrogens is 471 g/mol. The summed E-state index contributed by atoms with van der Waals surface area (Å²) in [4.78, 5) is 13.2. The number of hydrogen-bond acceptors (Lipinski definition) is 7. The molecule has 0 atom stereocenters. The van der Waals surface area contributed by atoms with Gasteiger partial charge in [-0.1, -0.05) is 0 Å². The summed E-state index contributed by atoms with van der Waals surface area (Å²) in [5.74, 6) is 0.219. The third kappa shape index (κ3) is 3.81. The summed E-state index contributed by atoms with van der Waals surface area (Å²) in [5, 5.41) is 5.12. The number of hydrogen-bond donors (Lipinski definition) is 0. The first-order valence-corrected chi connectivity index (χ1v) is 13.0. The molecule has 6 rings (SSSR count). The summed E-state index contributed by atoms with van der Waals surface area (Å²) in [6, 6.07) is 7.90. The molecule has 0 spiro atoms. The van der Waals surface area contributed by atoms with E-state index < -0.39 is 9.84 Å². The van der Waals surface area contributed by atoms with Gasteiger partial charge in [0.25, 0.3) is 0 Å². The number of nitrogens with zero attached hydrogens (tertiary/aromatic N) is 6. The lowest BCUT2D eigenvalue weighted by Gasteiger charge is -2.33. The van der Waals surface area contributed by atoms with Crippen LogP contribution in [0.2, 0.25) is 0 Å². The van der Waals surface area contributed by atoms with E-state index >= 15 is 0 Å². The van der Waals surface area contributed by atoms with Crippen molar-refractivity contribution in [3.05, 3.63) is 61.2 Å². The zero-order valence-electron chi connectivity index (χ0n) is 19.0. The first kappa shape index (κ1) is 21.7. The van der Waals surface area contributed by atoms with Crippen LogP contribution in [0.1, 0.15) is 18.9 Å². The lowest BCUT2D eigenvalue weighted by Crippen LogP contribution is -2.37. The average molecular weight is 493 g/mol. The van der Waals surface area contributed by atoms with Crippen LogP contribution in [-0.4, -0.2) is 49.2 Å². The highest BCUT2D eigenvalue weighted by Crippen LogP contribution is 2.41.